The quantitative estimate of drug-likeness (QED) is 0.439. The van der Waals surface area contributed by atoms with Crippen molar-refractivity contribution >= 4 is 17.3 Å². The van der Waals surface area contributed by atoms with Crippen LogP contribution in [0.15, 0.2) is 18.2 Å². The van der Waals surface area contributed by atoms with Crippen LogP contribution in [0.3, 0.4) is 0 Å². The number of nitro benzene ring substituents is 1. The van der Waals surface area contributed by atoms with E-state index in [0.29, 0.717) is 18.5 Å². The number of benzene rings is 1. The Kier molecular flexibility index (Phi) is 2.79. The molecule has 0 N–H and O–H groups in total. The number of nitrogens with zero attached hydrogens (tertiary/aromatic N) is 2. The molecule has 0 atom stereocenters. The van der Waals surface area contributed by atoms with E-state index in [2.05, 4.69) is 5.92 Å². The van der Waals surface area contributed by atoms with E-state index in [-0.39, 0.29) is 18.1 Å². The predicted octanol–water partition coefficient (Wildman–Crippen LogP) is 1.51. The molecule has 1 aliphatic rings. The first-order valence-corrected chi connectivity index (χ1v) is 5.14. The molecule has 0 saturated carbocycles. The van der Waals surface area contributed by atoms with Gasteiger partial charge < -0.3 is 4.90 Å². The molecule has 5 heteroatoms. The minimum absolute atomic E-state index is 0.0377. The Hall–Kier alpha value is -2.35. The average Bonchev–Trinajstić information content (AvgIpc) is 2.32. The first-order chi connectivity index (χ1) is 8.13. The largest absolute Gasteiger partial charge is 0.301 e. The van der Waals surface area contributed by atoms with Gasteiger partial charge in [-0.1, -0.05) is 5.92 Å². The Balaban J connectivity index is 2.44. The van der Waals surface area contributed by atoms with Crippen molar-refractivity contribution < 1.29 is 9.72 Å². The van der Waals surface area contributed by atoms with Gasteiger partial charge in [0.1, 0.15) is 0 Å². The van der Waals surface area contributed by atoms with Crippen LogP contribution in [-0.4, -0.2) is 17.4 Å². The molecular formula is C12H10N2O3. The fraction of sp³-hybridized carbons (Fsp3) is 0.250. The molecule has 0 bridgehead atoms. The summed E-state index contributed by atoms with van der Waals surface area (Å²) in [7, 11) is 0. The maximum Gasteiger partial charge on any atom is 0.269 e. The van der Waals surface area contributed by atoms with Crippen LogP contribution >= 0.6 is 0 Å². The zero-order chi connectivity index (χ0) is 12.4. The molecule has 0 saturated heterocycles. The number of carbonyl (C=O) groups is 1. The van der Waals surface area contributed by atoms with Crippen LogP contribution in [0.4, 0.5) is 11.4 Å². The summed E-state index contributed by atoms with van der Waals surface area (Å²) < 4.78 is 0. The molecule has 0 fully saturated rings. The second kappa shape index (κ2) is 4.26. The number of anilines is 1. The number of hydrogen-bond acceptors (Lipinski definition) is 3. The molecule has 0 spiro atoms. The summed E-state index contributed by atoms with van der Waals surface area (Å²) >= 11 is 0. The van der Waals surface area contributed by atoms with Crippen molar-refractivity contribution in [3.8, 4) is 12.3 Å². The normalized spacial score (nSPS) is 14.1. The van der Waals surface area contributed by atoms with Gasteiger partial charge in [-0.2, -0.15) is 0 Å². The van der Waals surface area contributed by atoms with Crippen molar-refractivity contribution in [2.24, 2.45) is 0 Å². The number of non-ortho nitro benzene ring substituents is 1. The number of fused-ring (bicyclic) bond motifs is 1. The second-order valence-electron chi connectivity index (χ2n) is 3.75. The topological polar surface area (TPSA) is 63.5 Å². The lowest BCUT2D eigenvalue weighted by atomic mass is 10.0. The third kappa shape index (κ3) is 1.97. The smallest absolute Gasteiger partial charge is 0.269 e. The van der Waals surface area contributed by atoms with Gasteiger partial charge in [-0.3, -0.25) is 14.9 Å². The number of terminal acetylenes is 1. The summed E-state index contributed by atoms with van der Waals surface area (Å²) in [6.07, 6.45) is 6.07. The van der Waals surface area contributed by atoms with E-state index in [1.54, 1.807) is 6.07 Å². The Morgan fingerprint density at radius 2 is 2.24 bits per heavy atom. The van der Waals surface area contributed by atoms with Crippen molar-refractivity contribution in [3.63, 3.8) is 0 Å². The first-order valence-electron chi connectivity index (χ1n) is 5.14. The highest BCUT2D eigenvalue weighted by Gasteiger charge is 2.24. The van der Waals surface area contributed by atoms with Crippen LogP contribution in [0, 0.1) is 22.5 Å². The fourth-order valence-electron chi connectivity index (χ4n) is 1.92. The number of rotatable bonds is 2. The highest BCUT2D eigenvalue weighted by Crippen LogP contribution is 2.30. The number of hydrogen-bond donors (Lipinski definition) is 0. The summed E-state index contributed by atoms with van der Waals surface area (Å²) in [6.45, 7) is 0.198. The summed E-state index contributed by atoms with van der Waals surface area (Å²) in [5, 5.41) is 10.7. The zero-order valence-corrected chi connectivity index (χ0v) is 9.05. The van der Waals surface area contributed by atoms with E-state index < -0.39 is 4.92 Å². The van der Waals surface area contributed by atoms with Gasteiger partial charge in [0, 0.05) is 24.2 Å². The second-order valence-corrected chi connectivity index (χ2v) is 3.75. The Morgan fingerprint density at radius 1 is 1.47 bits per heavy atom. The molecule has 0 aliphatic carbocycles. The predicted molar refractivity (Wildman–Crippen MR) is 62.6 cm³/mol. The molecular weight excluding hydrogens is 220 g/mol. The van der Waals surface area contributed by atoms with Crippen LogP contribution in [0.2, 0.25) is 0 Å². The van der Waals surface area contributed by atoms with Gasteiger partial charge in [0.15, 0.2) is 0 Å². The molecule has 0 unspecified atom stereocenters. The third-order valence-electron chi connectivity index (χ3n) is 2.72. The molecule has 17 heavy (non-hydrogen) atoms. The van der Waals surface area contributed by atoms with Gasteiger partial charge in [-0.05, 0) is 18.1 Å². The lowest BCUT2D eigenvalue weighted by Crippen LogP contribution is -2.35. The van der Waals surface area contributed by atoms with Gasteiger partial charge >= 0.3 is 0 Å². The molecule has 2 rings (SSSR count). The molecule has 86 valence electrons. The van der Waals surface area contributed by atoms with Gasteiger partial charge in [0.25, 0.3) is 5.69 Å². The SMILES string of the molecule is C#CCN1C(=O)CCc2cc([N+](=O)[O-])ccc21. The molecule has 1 heterocycles. The first kappa shape index (κ1) is 11.1. The van der Waals surface area contributed by atoms with Gasteiger partial charge in [-0.25, -0.2) is 0 Å². The minimum atomic E-state index is -0.442. The van der Waals surface area contributed by atoms with Crippen molar-refractivity contribution in [3.05, 3.63) is 33.9 Å². The maximum atomic E-state index is 11.7. The number of amides is 1. The summed E-state index contributed by atoms with van der Waals surface area (Å²) in [5.74, 6) is 2.38. The van der Waals surface area contributed by atoms with E-state index in [4.69, 9.17) is 6.42 Å². The Labute approximate surface area is 98.2 Å². The Morgan fingerprint density at radius 3 is 2.88 bits per heavy atom. The summed E-state index contributed by atoms with van der Waals surface area (Å²) in [4.78, 5) is 23.4. The van der Waals surface area contributed by atoms with Crippen LogP contribution in [-0.2, 0) is 11.2 Å². The third-order valence-corrected chi connectivity index (χ3v) is 2.72. The fourth-order valence-corrected chi connectivity index (χ4v) is 1.92. The zero-order valence-electron chi connectivity index (χ0n) is 9.05. The number of nitro groups is 1. The van der Waals surface area contributed by atoms with E-state index in [1.165, 1.54) is 17.0 Å². The van der Waals surface area contributed by atoms with Crippen molar-refractivity contribution in [1.82, 2.24) is 0 Å². The van der Waals surface area contributed by atoms with Gasteiger partial charge in [-0.15, -0.1) is 6.42 Å². The number of carbonyl (C=O) groups excluding carboxylic acids is 1. The van der Waals surface area contributed by atoms with Crippen molar-refractivity contribution in [2.45, 2.75) is 12.8 Å². The highest BCUT2D eigenvalue weighted by atomic mass is 16.6. The lowest BCUT2D eigenvalue weighted by Gasteiger charge is -2.27. The van der Waals surface area contributed by atoms with Crippen molar-refractivity contribution in [2.75, 3.05) is 11.4 Å². The molecule has 1 aromatic carbocycles. The monoisotopic (exact) mass is 230 g/mol. The lowest BCUT2D eigenvalue weighted by molar-refractivity contribution is -0.384. The molecule has 1 aliphatic heterocycles. The Bertz CT molecular complexity index is 531. The van der Waals surface area contributed by atoms with E-state index in [0.717, 1.165) is 5.56 Å². The van der Waals surface area contributed by atoms with E-state index in [1.807, 2.05) is 0 Å². The maximum absolute atomic E-state index is 11.7. The molecule has 1 aromatic rings. The standard InChI is InChI=1S/C12H10N2O3/c1-2-7-13-11-5-4-10(14(16)17)8-9(11)3-6-12(13)15/h1,4-5,8H,3,6-7H2. The van der Waals surface area contributed by atoms with Crippen LogP contribution in [0.5, 0.6) is 0 Å². The van der Waals surface area contributed by atoms with Gasteiger partial charge in [0.2, 0.25) is 5.91 Å². The number of aryl methyl sites for hydroxylation is 1. The highest BCUT2D eigenvalue weighted by molar-refractivity contribution is 5.97. The summed E-state index contributed by atoms with van der Waals surface area (Å²) in [6, 6.07) is 4.48. The molecule has 0 aromatic heterocycles. The molecule has 5 nitrogen and oxygen atoms in total. The molecule has 0 radical (unpaired) electrons. The average molecular weight is 230 g/mol. The summed E-state index contributed by atoms with van der Waals surface area (Å²) in [5.41, 5.74) is 1.53. The minimum Gasteiger partial charge on any atom is -0.301 e. The van der Waals surface area contributed by atoms with Gasteiger partial charge in [0.05, 0.1) is 11.5 Å². The van der Waals surface area contributed by atoms with E-state index >= 15 is 0 Å². The van der Waals surface area contributed by atoms with E-state index in [9.17, 15) is 14.9 Å². The molecule has 1 amide bonds. The van der Waals surface area contributed by atoms with Crippen LogP contribution in [0.1, 0.15) is 12.0 Å². The van der Waals surface area contributed by atoms with Crippen LogP contribution in [0.25, 0.3) is 0 Å². The van der Waals surface area contributed by atoms with Crippen LogP contribution < -0.4 is 4.90 Å². The van der Waals surface area contributed by atoms with Crippen molar-refractivity contribution in [1.29, 1.82) is 0 Å².